The van der Waals surface area contributed by atoms with Crippen LogP contribution >= 0.6 is 0 Å². The standard InChI is InChI=1S/C33H30F3N3O4/c34-23-12-10-22(11-13-23)31(41)25-14-15-28(40)39(32(25)37)30-26(35)18-20(19-27(30)36)16-17-38-29(21-6-2-1-3-7-21)33(42)43-24-8-4-5-9-24/h1-3,6-7,10-15,18-19,24,29,38H,4-5,8-9,16-17,37H2/t29-/m0/s1. The molecule has 1 aliphatic rings. The molecule has 1 heterocycles. The molecule has 222 valence electrons. The van der Waals surface area contributed by atoms with E-state index < -0.39 is 52.3 Å². The molecule has 1 saturated carbocycles. The van der Waals surface area contributed by atoms with Gasteiger partial charge in [0.15, 0.2) is 17.4 Å². The second-order valence-corrected chi connectivity index (χ2v) is 10.4. The van der Waals surface area contributed by atoms with Gasteiger partial charge in [-0.15, -0.1) is 0 Å². The van der Waals surface area contributed by atoms with Crippen LogP contribution in [0.5, 0.6) is 0 Å². The molecule has 0 bridgehead atoms. The molecule has 0 aliphatic heterocycles. The fraction of sp³-hybridized carbons (Fsp3) is 0.242. The van der Waals surface area contributed by atoms with Crippen molar-refractivity contribution in [1.82, 2.24) is 9.88 Å². The Kier molecular flexibility index (Phi) is 9.06. The summed E-state index contributed by atoms with van der Waals surface area (Å²) in [6.45, 7) is 0.196. The van der Waals surface area contributed by atoms with Crippen LogP contribution in [-0.4, -0.2) is 29.0 Å². The molecule has 0 saturated heterocycles. The van der Waals surface area contributed by atoms with Crippen LogP contribution < -0.4 is 16.6 Å². The van der Waals surface area contributed by atoms with Crippen LogP contribution in [-0.2, 0) is 16.0 Å². The van der Waals surface area contributed by atoms with Crippen molar-refractivity contribution in [3.05, 3.63) is 129 Å². The van der Waals surface area contributed by atoms with Crippen molar-refractivity contribution in [1.29, 1.82) is 0 Å². The third kappa shape index (κ3) is 6.70. The lowest BCUT2D eigenvalue weighted by atomic mass is 10.0. The maximum atomic E-state index is 15.4. The number of carbonyl (C=O) groups is 2. The Morgan fingerprint density at radius 1 is 0.930 bits per heavy atom. The van der Waals surface area contributed by atoms with Crippen molar-refractivity contribution in [2.24, 2.45) is 0 Å². The number of anilines is 1. The average Bonchev–Trinajstić information content (AvgIpc) is 3.50. The van der Waals surface area contributed by atoms with E-state index in [1.807, 2.05) is 18.2 Å². The zero-order valence-electron chi connectivity index (χ0n) is 23.2. The molecule has 1 aliphatic carbocycles. The minimum atomic E-state index is -1.06. The van der Waals surface area contributed by atoms with Crippen LogP contribution in [0.15, 0.2) is 83.7 Å². The van der Waals surface area contributed by atoms with Crippen LogP contribution in [0.2, 0.25) is 0 Å². The summed E-state index contributed by atoms with van der Waals surface area (Å²) in [4.78, 5) is 38.7. The van der Waals surface area contributed by atoms with E-state index in [2.05, 4.69) is 5.32 Å². The summed E-state index contributed by atoms with van der Waals surface area (Å²) < 4.78 is 50.4. The van der Waals surface area contributed by atoms with E-state index in [-0.39, 0.29) is 35.8 Å². The third-order valence-electron chi connectivity index (χ3n) is 7.50. The number of ketones is 1. The summed E-state index contributed by atoms with van der Waals surface area (Å²) >= 11 is 0. The predicted molar refractivity (Wildman–Crippen MR) is 155 cm³/mol. The molecule has 3 aromatic carbocycles. The second-order valence-electron chi connectivity index (χ2n) is 10.4. The van der Waals surface area contributed by atoms with E-state index in [1.54, 1.807) is 12.1 Å². The number of nitrogens with one attached hydrogen (secondary N) is 1. The smallest absolute Gasteiger partial charge is 0.328 e. The number of nitrogen functional groups attached to an aromatic ring is 1. The number of nitrogens with zero attached hydrogens (tertiary/aromatic N) is 1. The number of pyridine rings is 1. The number of ether oxygens (including phenoxy) is 1. The van der Waals surface area contributed by atoms with Gasteiger partial charge in [-0.25, -0.2) is 18.0 Å². The van der Waals surface area contributed by atoms with Crippen molar-refractivity contribution < 1.29 is 27.5 Å². The molecule has 43 heavy (non-hydrogen) atoms. The SMILES string of the molecule is Nc1c(C(=O)c2ccc(F)cc2)ccc(=O)n1-c1c(F)cc(CCN[C@H](C(=O)OC2CCCC2)c2ccccc2)cc1F. The molecular formula is C33H30F3N3O4. The quantitative estimate of drug-likeness (QED) is 0.189. The maximum Gasteiger partial charge on any atom is 0.328 e. The average molecular weight is 590 g/mol. The predicted octanol–water partition coefficient (Wildman–Crippen LogP) is 5.43. The van der Waals surface area contributed by atoms with Crippen LogP contribution in [0.3, 0.4) is 0 Å². The topological polar surface area (TPSA) is 103 Å². The third-order valence-corrected chi connectivity index (χ3v) is 7.50. The molecule has 0 radical (unpaired) electrons. The molecule has 4 aromatic rings. The Bertz CT molecular complexity index is 1660. The summed E-state index contributed by atoms with van der Waals surface area (Å²) in [5.74, 6) is -4.18. The molecule has 1 aromatic heterocycles. The fourth-order valence-corrected chi connectivity index (χ4v) is 5.29. The van der Waals surface area contributed by atoms with Gasteiger partial charge in [0.1, 0.15) is 29.5 Å². The van der Waals surface area contributed by atoms with Gasteiger partial charge in [-0.1, -0.05) is 30.3 Å². The minimum Gasteiger partial charge on any atom is -0.461 e. The van der Waals surface area contributed by atoms with Crippen molar-refractivity contribution in [2.45, 2.75) is 44.2 Å². The van der Waals surface area contributed by atoms with E-state index in [4.69, 9.17) is 10.5 Å². The van der Waals surface area contributed by atoms with E-state index >= 15 is 8.78 Å². The number of nitrogens with two attached hydrogens (primary N) is 1. The van der Waals surface area contributed by atoms with Crippen LogP contribution in [0.25, 0.3) is 5.69 Å². The van der Waals surface area contributed by atoms with Crippen molar-refractivity contribution in [2.75, 3.05) is 12.3 Å². The highest BCUT2D eigenvalue weighted by molar-refractivity contribution is 6.11. The Balaban J connectivity index is 1.35. The molecule has 5 rings (SSSR count). The molecule has 0 spiro atoms. The lowest BCUT2D eigenvalue weighted by molar-refractivity contribution is -0.151. The normalized spacial score (nSPS) is 14.0. The van der Waals surface area contributed by atoms with Crippen LogP contribution in [0, 0.1) is 17.5 Å². The highest BCUT2D eigenvalue weighted by Crippen LogP contribution is 2.26. The van der Waals surface area contributed by atoms with Gasteiger partial charge in [-0.05, 0) is 85.7 Å². The number of benzene rings is 3. The molecule has 7 nitrogen and oxygen atoms in total. The van der Waals surface area contributed by atoms with Gasteiger partial charge >= 0.3 is 5.97 Å². The number of halogens is 3. The Morgan fingerprint density at radius 3 is 2.23 bits per heavy atom. The lowest BCUT2D eigenvalue weighted by Gasteiger charge is -2.21. The van der Waals surface area contributed by atoms with Crippen molar-refractivity contribution >= 4 is 17.6 Å². The van der Waals surface area contributed by atoms with E-state index in [9.17, 15) is 18.8 Å². The summed E-state index contributed by atoms with van der Waals surface area (Å²) in [5, 5.41) is 3.15. The monoisotopic (exact) mass is 589 g/mol. The molecule has 1 fully saturated rings. The van der Waals surface area contributed by atoms with Crippen molar-refractivity contribution in [3.8, 4) is 5.69 Å². The first-order chi connectivity index (χ1) is 20.7. The maximum absolute atomic E-state index is 15.4. The summed E-state index contributed by atoms with van der Waals surface area (Å²) in [7, 11) is 0. The van der Waals surface area contributed by atoms with E-state index in [1.165, 1.54) is 12.1 Å². The zero-order valence-corrected chi connectivity index (χ0v) is 23.2. The number of rotatable bonds is 10. The van der Waals surface area contributed by atoms with Crippen molar-refractivity contribution in [3.63, 3.8) is 0 Å². The first-order valence-electron chi connectivity index (χ1n) is 14.0. The highest BCUT2D eigenvalue weighted by atomic mass is 19.1. The van der Waals surface area contributed by atoms with E-state index in [0.29, 0.717) is 10.1 Å². The minimum absolute atomic E-state index is 0.0861. The molecule has 0 unspecified atom stereocenters. The summed E-state index contributed by atoms with van der Waals surface area (Å²) in [6, 6.07) is 17.3. The van der Waals surface area contributed by atoms with Crippen LogP contribution in [0.4, 0.5) is 19.0 Å². The largest absolute Gasteiger partial charge is 0.461 e. The number of esters is 1. The van der Waals surface area contributed by atoms with E-state index in [0.717, 1.165) is 62.1 Å². The van der Waals surface area contributed by atoms with Crippen LogP contribution in [0.1, 0.15) is 58.8 Å². The fourth-order valence-electron chi connectivity index (χ4n) is 5.29. The molecule has 0 amide bonds. The second kappa shape index (κ2) is 13.1. The molecule has 3 N–H and O–H groups in total. The number of aromatic nitrogens is 1. The number of hydrogen-bond donors (Lipinski definition) is 2. The van der Waals surface area contributed by atoms with Gasteiger partial charge in [0.05, 0.1) is 5.56 Å². The van der Waals surface area contributed by atoms with Gasteiger partial charge < -0.3 is 15.8 Å². The van der Waals surface area contributed by atoms with Gasteiger partial charge in [0, 0.05) is 18.2 Å². The summed E-state index contributed by atoms with van der Waals surface area (Å²) in [6.07, 6.45) is 3.73. The molecule has 1 atom stereocenters. The van der Waals surface area contributed by atoms with Gasteiger partial charge in [0.25, 0.3) is 5.56 Å². The number of carbonyl (C=O) groups excluding carboxylic acids is 2. The zero-order chi connectivity index (χ0) is 30.5. The highest BCUT2D eigenvalue weighted by Gasteiger charge is 2.27. The van der Waals surface area contributed by atoms with Gasteiger partial charge in [-0.2, -0.15) is 0 Å². The summed E-state index contributed by atoms with van der Waals surface area (Å²) in [5.41, 5.74) is 5.43. The molecular weight excluding hydrogens is 559 g/mol. The molecule has 10 heteroatoms. The van der Waals surface area contributed by atoms with Gasteiger partial charge in [-0.3, -0.25) is 14.2 Å². The Hall–Kier alpha value is -4.70. The Morgan fingerprint density at radius 2 is 1.58 bits per heavy atom. The Labute approximate surface area is 246 Å². The van der Waals surface area contributed by atoms with Gasteiger partial charge in [0.2, 0.25) is 0 Å². The first kappa shape index (κ1) is 29.8. The first-order valence-corrected chi connectivity index (χ1v) is 14.0. The number of hydrogen-bond acceptors (Lipinski definition) is 6. The lowest BCUT2D eigenvalue weighted by Crippen LogP contribution is -2.33.